The Bertz CT molecular complexity index is 598. The smallest absolute Gasteiger partial charge is 0.259 e. The molecule has 1 aromatic carbocycles. The second kappa shape index (κ2) is 4.68. The number of aromatic nitrogens is 1. The molecule has 2 aromatic rings. The summed E-state index contributed by atoms with van der Waals surface area (Å²) in [5.41, 5.74) is 1.94. The van der Waals surface area contributed by atoms with E-state index in [0.717, 1.165) is 23.4 Å². The Hall–Kier alpha value is -1.43. The van der Waals surface area contributed by atoms with Gasteiger partial charge in [0.2, 0.25) is 0 Å². The molecule has 0 spiro atoms. The van der Waals surface area contributed by atoms with Gasteiger partial charge in [0.05, 0.1) is 0 Å². The van der Waals surface area contributed by atoms with Crippen LogP contribution in [0.3, 0.4) is 0 Å². The Morgan fingerprint density at radius 3 is 2.89 bits per heavy atom. The first kappa shape index (κ1) is 11.6. The normalized spacial score (nSPS) is 14.5. The molecule has 18 heavy (non-hydrogen) atoms. The highest BCUT2D eigenvalue weighted by molar-refractivity contribution is 14.1. The molecule has 3 rings (SSSR count). The molecule has 0 bridgehead atoms. The molecule has 1 aliphatic rings. The van der Waals surface area contributed by atoms with Crippen molar-refractivity contribution < 1.29 is 4.79 Å². The van der Waals surface area contributed by atoms with Crippen molar-refractivity contribution in [2.45, 2.75) is 6.42 Å². The van der Waals surface area contributed by atoms with Gasteiger partial charge < -0.3 is 0 Å². The molecule has 0 N–H and O–H groups in total. The van der Waals surface area contributed by atoms with Crippen molar-refractivity contribution in [3.8, 4) is 0 Å². The second-order valence-electron chi connectivity index (χ2n) is 4.20. The van der Waals surface area contributed by atoms with Gasteiger partial charge in [-0.25, -0.2) is 4.98 Å². The van der Waals surface area contributed by atoms with Gasteiger partial charge >= 0.3 is 0 Å². The zero-order valence-corrected chi connectivity index (χ0v) is 11.8. The molecule has 0 atom stereocenters. The lowest BCUT2D eigenvalue weighted by atomic mass is 9.99. The summed E-state index contributed by atoms with van der Waals surface area (Å²) < 4.78 is 1.17. The maximum Gasteiger partial charge on any atom is 0.259 e. The summed E-state index contributed by atoms with van der Waals surface area (Å²) in [6.45, 7) is 0.697. The Kier molecular flexibility index (Phi) is 3.03. The minimum absolute atomic E-state index is 0.0475. The average molecular weight is 350 g/mol. The summed E-state index contributed by atoms with van der Waals surface area (Å²) in [5.74, 6) is 0.776. The molecule has 90 valence electrons. The first-order valence-corrected chi connectivity index (χ1v) is 6.85. The van der Waals surface area contributed by atoms with E-state index in [0.29, 0.717) is 6.54 Å². The van der Waals surface area contributed by atoms with Crippen molar-refractivity contribution in [1.29, 1.82) is 0 Å². The lowest BCUT2D eigenvalue weighted by molar-refractivity contribution is 0.0980. The van der Waals surface area contributed by atoms with Crippen molar-refractivity contribution in [1.82, 2.24) is 4.98 Å². The van der Waals surface area contributed by atoms with Crippen LogP contribution in [0.25, 0.3) is 0 Å². The molecule has 1 aromatic heterocycles. The van der Waals surface area contributed by atoms with E-state index in [1.54, 1.807) is 11.1 Å². The SMILES string of the molecule is O=C1c2ccc(I)cc2CCN1c1ccccn1. The van der Waals surface area contributed by atoms with Crippen LogP contribution in [0, 0.1) is 3.57 Å². The number of nitrogens with zero attached hydrogens (tertiary/aromatic N) is 2. The molecule has 0 radical (unpaired) electrons. The molecule has 1 aliphatic heterocycles. The van der Waals surface area contributed by atoms with Gasteiger partial charge in [0, 0.05) is 21.9 Å². The first-order chi connectivity index (χ1) is 8.75. The van der Waals surface area contributed by atoms with Gasteiger partial charge in [-0.2, -0.15) is 0 Å². The third-order valence-electron chi connectivity index (χ3n) is 3.07. The number of carbonyl (C=O) groups excluding carboxylic acids is 1. The van der Waals surface area contributed by atoms with Crippen LogP contribution in [-0.4, -0.2) is 17.4 Å². The number of halogens is 1. The van der Waals surface area contributed by atoms with E-state index in [9.17, 15) is 4.79 Å². The van der Waals surface area contributed by atoms with E-state index < -0.39 is 0 Å². The summed E-state index contributed by atoms with van der Waals surface area (Å²) in [6.07, 6.45) is 2.60. The highest BCUT2D eigenvalue weighted by Gasteiger charge is 2.25. The number of anilines is 1. The number of benzene rings is 1. The summed E-state index contributed by atoms with van der Waals surface area (Å²) >= 11 is 2.27. The quantitative estimate of drug-likeness (QED) is 0.741. The van der Waals surface area contributed by atoms with Crippen LogP contribution in [0.4, 0.5) is 5.82 Å². The van der Waals surface area contributed by atoms with E-state index in [1.807, 2.05) is 30.3 Å². The molecule has 0 saturated heterocycles. The molecule has 0 saturated carbocycles. The van der Waals surface area contributed by atoms with E-state index in [-0.39, 0.29) is 5.91 Å². The van der Waals surface area contributed by atoms with E-state index in [4.69, 9.17) is 0 Å². The number of amides is 1. The minimum atomic E-state index is 0.0475. The van der Waals surface area contributed by atoms with Crippen molar-refractivity contribution in [2.75, 3.05) is 11.4 Å². The van der Waals surface area contributed by atoms with Gasteiger partial charge in [-0.05, 0) is 64.9 Å². The maximum atomic E-state index is 12.4. The fraction of sp³-hybridized carbons (Fsp3) is 0.143. The molecule has 0 unspecified atom stereocenters. The van der Waals surface area contributed by atoms with Crippen molar-refractivity contribution in [3.05, 3.63) is 57.3 Å². The number of hydrogen-bond donors (Lipinski definition) is 0. The summed E-state index contributed by atoms with van der Waals surface area (Å²) in [4.78, 5) is 18.4. The summed E-state index contributed by atoms with van der Waals surface area (Å²) in [7, 11) is 0. The lowest BCUT2D eigenvalue weighted by Gasteiger charge is -2.27. The van der Waals surface area contributed by atoms with Gasteiger partial charge in [0.1, 0.15) is 5.82 Å². The Balaban J connectivity index is 2.00. The zero-order chi connectivity index (χ0) is 12.5. The lowest BCUT2D eigenvalue weighted by Crippen LogP contribution is -2.38. The fourth-order valence-corrected chi connectivity index (χ4v) is 2.74. The number of fused-ring (bicyclic) bond motifs is 1. The zero-order valence-electron chi connectivity index (χ0n) is 9.64. The van der Waals surface area contributed by atoms with Gasteiger partial charge in [0.15, 0.2) is 0 Å². The van der Waals surface area contributed by atoms with Crippen LogP contribution in [0.15, 0.2) is 42.6 Å². The fourth-order valence-electron chi connectivity index (χ4n) is 2.19. The van der Waals surface area contributed by atoms with E-state index in [1.165, 1.54) is 3.57 Å². The largest absolute Gasteiger partial charge is 0.292 e. The van der Waals surface area contributed by atoms with Crippen molar-refractivity contribution >= 4 is 34.3 Å². The molecule has 0 fully saturated rings. The van der Waals surface area contributed by atoms with Crippen LogP contribution in [0.1, 0.15) is 15.9 Å². The molecule has 4 heteroatoms. The third kappa shape index (κ3) is 2.01. The monoisotopic (exact) mass is 350 g/mol. The molecular weight excluding hydrogens is 339 g/mol. The predicted molar refractivity (Wildman–Crippen MR) is 78.8 cm³/mol. The van der Waals surface area contributed by atoms with E-state index in [2.05, 4.69) is 33.6 Å². The molecular formula is C14H11IN2O. The highest BCUT2D eigenvalue weighted by atomic mass is 127. The van der Waals surface area contributed by atoms with Gasteiger partial charge in [-0.15, -0.1) is 0 Å². The summed E-state index contributed by atoms with van der Waals surface area (Å²) in [6, 6.07) is 11.6. The highest BCUT2D eigenvalue weighted by Crippen LogP contribution is 2.24. The number of rotatable bonds is 1. The number of pyridine rings is 1. The molecule has 0 aliphatic carbocycles. The third-order valence-corrected chi connectivity index (χ3v) is 3.74. The Morgan fingerprint density at radius 1 is 1.22 bits per heavy atom. The van der Waals surface area contributed by atoms with Crippen LogP contribution >= 0.6 is 22.6 Å². The van der Waals surface area contributed by atoms with E-state index >= 15 is 0 Å². The van der Waals surface area contributed by atoms with Crippen molar-refractivity contribution in [3.63, 3.8) is 0 Å². The van der Waals surface area contributed by atoms with Gasteiger partial charge in [-0.1, -0.05) is 6.07 Å². The minimum Gasteiger partial charge on any atom is -0.292 e. The summed E-state index contributed by atoms with van der Waals surface area (Å²) in [5, 5.41) is 0. The van der Waals surface area contributed by atoms with Crippen LogP contribution in [-0.2, 0) is 6.42 Å². The molecule has 1 amide bonds. The van der Waals surface area contributed by atoms with Crippen LogP contribution in [0.5, 0.6) is 0 Å². The first-order valence-electron chi connectivity index (χ1n) is 5.77. The van der Waals surface area contributed by atoms with Crippen LogP contribution in [0.2, 0.25) is 0 Å². The average Bonchev–Trinajstić information content (AvgIpc) is 2.40. The van der Waals surface area contributed by atoms with Crippen molar-refractivity contribution in [2.24, 2.45) is 0 Å². The Morgan fingerprint density at radius 2 is 2.11 bits per heavy atom. The second-order valence-corrected chi connectivity index (χ2v) is 5.44. The van der Waals surface area contributed by atoms with Gasteiger partial charge in [-0.3, -0.25) is 9.69 Å². The standard InChI is InChI=1S/C14H11IN2O/c15-11-4-5-12-10(9-11)6-8-17(14(12)18)13-3-1-2-7-16-13/h1-5,7,9H,6,8H2. The maximum absolute atomic E-state index is 12.4. The number of hydrogen-bond acceptors (Lipinski definition) is 2. The number of carbonyl (C=O) groups is 1. The topological polar surface area (TPSA) is 33.2 Å². The van der Waals surface area contributed by atoms with Gasteiger partial charge in [0.25, 0.3) is 5.91 Å². The predicted octanol–water partition coefficient (Wildman–Crippen LogP) is 2.89. The Labute approximate surface area is 119 Å². The molecule has 2 heterocycles. The van der Waals surface area contributed by atoms with Crippen LogP contribution < -0.4 is 4.90 Å². The molecule has 3 nitrogen and oxygen atoms in total.